The van der Waals surface area contributed by atoms with E-state index in [0.717, 1.165) is 24.4 Å². The Kier molecular flexibility index (Phi) is 3.09. The summed E-state index contributed by atoms with van der Waals surface area (Å²) in [5, 5.41) is 0. The van der Waals surface area contributed by atoms with Crippen LogP contribution in [0.1, 0.15) is 38.7 Å². The van der Waals surface area contributed by atoms with Gasteiger partial charge in [0.05, 0.1) is 0 Å². The summed E-state index contributed by atoms with van der Waals surface area (Å²) in [7, 11) is 0. The van der Waals surface area contributed by atoms with Crippen LogP contribution in [0.25, 0.3) is 0 Å². The number of hydrogen-bond donors (Lipinski definition) is 1. The molecule has 0 saturated heterocycles. The van der Waals surface area contributed by atoms with Crippen molar-refractivity contribution in [1.29, 1.82) is 0 Å². The molecule has 1 heterocycles. The van der Waals surface area contributed by atoms with E-state index in [1.807, 2.05) is 6.92 Å². The lowest BCUT2D eigenvalue weighted by Gasteiger charge is -2.17. The van der Waals surface area contributed by atoms with Crippen molar-refractivity contribution in [3.63, 3.8) is 0 Å². The molecule has 0 atom stereocenters. The minimum absolute atomic E-state index is 0.321. The van der Waals surface area contributed by atoms with Gasteiger partial charge in [-0.1, -0.05) is 20.8 Å². The van der Waals surface area contributed by atoms with Crippen LogP contribution in [0.5, 0.6) is 0 Å². The SMILES string of the molecule is Cc1cc(N)nc(CCC(C)(C)C)n1. The number of nitrogen functional groups attached to an aromatic ring is 1. The van der Waals surface area contributed by atoms with Crippen molar-refractivity contribution in [2.75, 3.05) is 5.73 Å². The minimum Gasteiger partial charge on any atom is -0.384 e. The third-order valence-corrected chi connectivity index (χ3v) is 2.02. The summed E-state index contributed by atoms with van der Waals surface area (Å²) in [6.45, 7) is 8.59. The lowest BCUT2D eigenvalue weighted by molar-refractivity contribution is 0.374. The first kappa shape index (κ1) is 11.0. The third-order valence-electron chi connectivity index (χ3n) is 2.02. The number of nitrogens with two attached hydrogens (primary N) is 1. The molecule has 0 aliphatic rings. The van der Waals surface area contributed by atoms with Crippen LogP contribution in [0.15, 0.2) is 6.07 Å². The van der Waals surface area contributed by atoms with Crippen molar-refractivity contribution in [1.82, 2.24) is 9.97 Å². The standard InChI is InChI=1S/C11H19N3/c1-8-7-9(12)14-10(13-8)5-6-11(2,3)4/h7H,5-6H2,1-4H3,(H2,12,13,14). The van der Waals surface area contributed by atoms with Crippen LogP contribution in [0.2, 0.25) is 0 Å². The summed E-state index contributed by atoms with van der Waals surface area (Å²) >= 11 is 0. The molecule has 14 heavy (non-hydrogen) atoms. The third kappa shape index (κ3) is 3.73. The van der Waals surface area contributed by atoms with Gasteiger partial charge in [-0.05, 0) is 18.8 Å². The molecule has 0 bridgehead atoms. The second kappa shape index (κ2) is 3.95. The average Bonchev–Trinajstić information content (AvgIpc) is 1.97. The van der Waals surface area contributed by atoms with Gasteiger partial charge in [-0.15, -0.1) is 0 Å². The number of aryl methyl sites for hydroxylation is 2. The first-order chi connectivity index (χ1) is 6.37. The van der Waals surface area contributed by atoms with Gasteiger partial charge in [0.15, 0.2) is 0 Å². The van der Waals surface area contributed by atoms with Gasteiger partial charge in [-0.3, -0.25) is 0 Å². The van der Waals surface area contributed by atoms with E-state index in [1.165, 1.54) is 0 Å². The molecular weight excluding hydrogens is 174 g/mol. The molecule has 0 fully saturated rings. The Morgan fingerprint density at radius 1 is 1.29 bits per heavy atom. The second-order valence-electron chi connectivity index (χ2n) is 4.91. The molecule has 0 radical (unpaired) electrons. The maximum Gasteiger partial charge on any atom is 0.130 e. The fourth-order valence-corrected chi connectivity index (χ4v) is 1.25. The second-order valence-corrected chi connectivity index (χ2v) is 4.91. The lowest BCUT2D eigenvalue weighted by atomic mass is 9.90. The van der Waals surface area contributed by atoms with Crippen LogP contribution in [0, 0.1) is 12.3 Å². The zero-order valence-corrected chi connectivity index (χ0v) is 9.46. The topological polar surface area (TPSA) is 51.8 Å². The molecule has 1 aromatic heterocycles. The van der Waals surface area contributed by atoms with E-state index in [4.69, 9.17) is 5.73 Å². The Labute approximate surface area is 85.8 Å². The highest BCUT2D eigenvalue weighted by Crippen LogP contribution is 2.20. The molecular formula is C11H19N3. The Morgan fingerprint density at radius 3 is 2.43 bits per heavy atom. The first-order valence-corrected chi connectivity index (χ1v) is 4.97. The smallest absolute Gasteiger partial charge is 0.130 e. The van der Waals surface area contributed by atoms with Crippen LogP contribution >= 0.6 is 0 Å². The Bertz CT molecular complexity index is 293. The van der Waals surface area contributed by atoms with Crippen LogP contribution in [-0.4, -0.2) is 9.97 Å². The van der Waals surface area contributed by atoms with E-state index < -0.39 is 0 Å². The maximum absolute atomic E-state index is 5.65. The van der Waals surface area contributed by atoms with Gasteiger partial charge in [-0.2, -0.15) is 0 Å². The summed E-state index contributed by atoms with van der Waals surface area (Å²) in [4.78, 5) is 8.55. The molecule has 0 saturated carbocycles. The van der Waals surface area contributed by atoms with E-state index in [9.17, 15) is 0 Å². The highest BCUT2D eigenvalue weighted by Gasteiger charge is 2.11. The van der Waals surface area contributed by atoms with E-state index in [0.29, 0.717) is 11.2 Å². The molecule has 0 unspecified atom stereocenters. The first-order valence-electron chi connectivity index (χ1n) is 4.97. The number of aromatic nitrogens is 2. The highest BCUT2D eigenvalue weighted by atomic mass is 14.9. The zero-order valence-electron chi connectivity index (χ0n) is 9.46. The molecule has 0 aromatic carbocycles. The fraction of sp³-hybridized carbons (Fsp3) is 0.636. The van der Waals surface area contributed by atoms with E-state index in [1.54, 1.807) is 6.07 Å². The number of nitrogens with zero attached hydrogens (tertiary/aromatic N) is 2. The van der Waals surface area contributed by atoms with Crippen LogP contribution in [-0.2, 0) is 6.42 Å². The van der Waals surface area contributed by atoms with E-state index in [2.05, 4.69) is 30.7 Å². The molecule has 0 aliphatic heterocycles. The van der Waals surface area contributed by atoms with Gasteiger partial charge < -0.3 is 5.73 Å². The maximum atomic E-state index is 5.65. The highest BCUT2D eigenvalue weighted by molar-refractivity contribution is 5.29. The van der Waals surface area contributed by atoms with Crippen molar-refractivity contribution in [3.8, 4) is 0 Å². The van der Waals surface area contributed by atoms with Gasteiger partial charge in [0.2, 0.25) is 0 Å². The molecule has 3 heteroatoms. The summed E-state index contributed by atoms with van der Waals surface area (Å²) in [6.07, 6.45) is 1.98. The summed E-state index contributed by atoms with van der Waals surface area (Å²) in [5.74, 6) is 1.43. The van der Waals surface area contributed by atoms with Gasteiger partial charge in [0, 0.05) is 18.2 Å². The van der Waals surface area contributed by atoms with Crippen LogP contribution < -0.4 is 5.73 Å². The van der Waals surface area contributed by atoms with Gasteiger partial charge >= 0.3 is 0 Å². The van der Waals surface area contributed by atoms with Crippen LogP contribution in [0.3, 0.4) is 0 Å². The molecule has 0 spiro atoms. The van der Waals surface area contributed by atoms with Crippen molar-refractivity contribution in [2.45, 2.75) is 40.5 Å². The quantitative estimate of drug-likeness (QED) is 0.784. The zero-order chi connectivity index (χ0) is 10.8. The molecule has 1 rings (SSSR count). The Morgan fingerprint density at radius 2 is 1.93 bits per heavy atom. The van der Waals surface area contributed by atoms with Crippen LogP contribution in [0.4, 0.5) is 5.82 Å². The van der Waals surface area contributed by atoms with Crippen molar-refractivity contribution in [2.24, 2.45) is 5.41 Å². The van der Waals surface area contributed by atoms with Crippen molar-refractivity contribution in [3.05, 3.63) is 17.6 Å². The largest absolute Gasteiger partial charge is 0.384 e. The molecule has 1 aromatic rings. The molecule has 78 valence electrons. The average molecular weight is 193 g/mol. The predicted octanol–water partition coefficient (Wildman–Crippen LogP) is 2.35. The lowest BCUT2D eigenvalue weighted by Crippen LogP contribution is -2.09. The number of hydrogen-bond acceptors (Lipinski definition) is 3. The summed E-state index contributed by atoms with van der Waals surface area (Å²) < 4.78 is 0. The van der Waals surface area contributed by atoms with E-state index >= 15 is 0 Å². The molecule has 3 nitrogen and oxygen atoms in total. The number of anilines is 1. The van der Waals surface area contributed by atoms with E-state index in [-0.39, 0.29) is 0 Å². The molecule has 0 aliphatic carbocycles. The Balaban J connectivity index is 2.68. The normalized spacial score (nSPS) is 11.7. The summed E-state index contributed by atoms with van der Waals surface area (Å²) in [6, 6.07) is 1.79. The summed E-state index contributed by atoms with van der Waals surface area (Å²) in [5.41, 5.74) is 6.91. The number of rotatable bonds is 2. The minimum atomic E-state index is 0.321. The fourth-order valence-electron chi connectivity index (χ4n) is 1.25. The van der Waals surface area contributed by atoms with Crippen molar-refractivity contribution < 1.29 is 0 Å². The molecule has 2 N–H and O–H groups in total. The van der Waals surface area contributed by atoms with Gasteiger partial charge in [0.25, 0.3) is 0 Å². The monoisotopic (exact) mass is 193 g/mol. The van der Waals surface area contributed by atoms with Gasteiger partial charge in [0.1, 0.15) is 11.6 Å². The van der Waals surface area contributed by atoms with Crippen molar-refractivity contribution >= 4 is 5.82 Å². The predicted molar refractivity (Wildman–Crippen MR) is 59.0 cm³/mol. The molecule has 0 amide bonds. The van der Waals surface area contributed by atoms with Gasteiger partial charge in [-0.25, -0.2) is 9.97 Å². The Hall–Kier alpha value is -1.12.